The van der Waals surface area contributed by atoms with Crippen molar-refractivity contribution in [2.45, 2.75) is 52.1 Å². The SMILES string of the molecule is CC(C)Cc1ccc2c(c1)[C@H](O)CC2(C)C. The highest BCUT2D eigenvalue weighted by atomic mass is 16.3. The molecule has 1 aromatic carbocycles. The van der Waals surface area contributed by atoms with Crippen molar-refractivity contribution in [3.05, 3.63) is 34.9 Å². The van der Waals surface area contributed by atoms with Crippen LogP contribution >= 0.6 is 0 Å². The molecular weight excluding hydrogens is 196 g/mol. The standard InChI is InChI=1S/C15H22O/c1-10(2)7-11-5-6-13-12(8-11)14(16)9-15(13,3)4/h5-6,8,10,14,16H,7,9H2,1-4H3/t14-/m1/s1. The lowest BCUT2D eigenvalue weighted by molar-refractivity contribution is 0.161. The van der Waals surface area contributed by atoms with Gasteiger partial charge in [-0.2, -0.15) is 0 Å². The number of rotatable bonds is 2. The lowest BCUT2D eigenvalue weighted by Gasteiger charge is -2.18. The van der Waals surface area contributed by atoms with Crippen LogP contribution in [0.4, 0.5) is 0 Å². The van der Waals surface area contributed by atoms with Gasteiger partial charge in [-0.25, -0.2) is 0 Å². The van der Waals surface area contributed by atoms with Crippen molar-refractivity contribution in [1.29, 1.82) is 0 Å². The van der Waals surface area contributed by atoms with Crippen LogP contribution < -0.4 is 0 Å². The topological polar surface area (TPSA) is 20.2 Å². The van der Waals surface area contributed by atoms with Crippen molar-refractivity contribution >= 4 is 0 Å². The molecule has 1 atom stereocenters. The second kappa shape index (κ2) is 3.89. The van der Waals surface area contributed by atoms with E-state index in [4.69, 9.17) is 0 Å². The third kappa shape index (κ3) is 2.01. The van der Waals surface area contributed by atoms with E-state index in [0.29, 0.717) is 5.92 Å². The van der Waals surface area contributed by atoms with Crippen LogP contribution in [-0.4, -0.2) is 5.11 Å². The lowest BCUT2D eigenvalue weighted by atomic mass is 9.86. The van der Waals surface area contributed by atoms with Crippen LogP contribution in [0.15, 0.2) is 18.2 Å². The molecule has 0 saturated carbocycles. The van der Waals surface area contributed by atoms with Gasteiger partial charge in [0, 0.05) is 0 Å². The Morgan fingerprint density at radius 1 is 1.38 bits per heavy atom. The molecule has 0 fully saturated rings. The summed E-state index contributed by atoms with van der Waals surface area (Å²) < 4.78 is 0. The second-order valence-corrected chi connectivity index (χ2v) is 6.12. The summed E-state index contributed by atoms with van der Waals surface area (Å²) in [6, 6.07) is 6.64. The minimum atomic E-state index is -0.267. The average Bonchev–Trinajstić information content (AvgIpc) is 2.36. The lowest BCUT2D eigenvalue weighted by Crippen LogP contribution is -2.12. The number of benzene rings is 1. The third-order valence-corrected chi connectivity index (χ3v) is 3.55. The molecule has 0 unspecified atom stereocenters. The number of fused-ring (bicyclic) bond motifs is 1. The summed E-state index contributed by atoms with van der Waals surface area (Å²) in [5.41, 5.74) is 3.96. The highest BCUT2D eigenvalue weighted by Gasteiger charge is 2.35. The Bertz CT molecular complexity index is 390. The fourth-order valence-electron chi connectivity index (χ4n) is 2.81. The minimum absolute atomic E-state index is 0.130. The molecule has 1 aliphatic rings. The molecule has 0 spiro atoms. The molecule has 1 aliphatic carbocycles. The number of aliphatic hydroxyl groups excluding tert-OH is 1. The average molecular weight is 218 g/mol. The van der Waals surface area contributed by atoms with Crippen LogP contribution in [-0.2, 0) is 11.8 Å². The fraction of sp³-hybridized carbons (Fsp3) is 0.600. The maximum absolute atomic E-state index is 10.1. The van der Waals surface area contributed by atoms with Gasteiger partial charge in [-0.15, -0.1) is 0 Å². The third-order valence-electron chi connectivity index (χ3n) is 3.55. The predicted molar refractivity (Wildman–Crippen MR) is 67.6 cm³/mol. The Kier molecular flexibility index (Phi) is 2.83. The van der Waals surface area contributed by atoms with E-state index in [1.807, 2.05) is 0 Å². The first-order chi connectivity index (χ1) is 7.40. The van der Waals surface area contributed by atoms with Crippen molar-refractivity contribution in [2.75, 3.05) is 0 Å². The van der Waals surface area contributed by atoms with Gasteiger partial charge < -0.3 is 5.11 Å². The summed E-state index contributed by atoms with van der Waals surface area (Å²) in [5, 5.41) is 10.1. The largest absolute Gasteiger partial charge is 0.388 e. The molecule has 1 nitrogen and oxygen atoms in total. The maximum Gasteiger partial charge on any atom is 0.0801 e. The molecular formula is C15H22O. The van der Waals surface area contributed by atoms with Crippen LogP contribution in [0.25, 0.3) is 0 Å². The van der Waals surface area contributed by atoms with E-state index in [1.54, 1.807) is 0 Å². The summed E-state index contributed by atoms with van der Waals surface area (Å²) in [5.74, 6) is 0.671. The normalized spacial score (nSPS) is 22.5. The minimum Gasteiger partial charge on any atom is -0.388 e. The molecule has 1 heteroatoms. The Morgan fingerprint density at radius 3 is 2.69 bits per heavy atom. The Balaban J connectivity index is 2.37. The van der Waals surface area contributed by atoms with Gasteiger partial charge in [0.1, 0.15) is 0 Å². The van der Waals surface area contributed by atoms with E-state index >= 15 is 0 Å². The summed E-state index contributed by atoms with van der Waals surface area (Å²) in [6.45, 7) is 8.88. The van der Waals surface area contributed by atoms with Crippen molar-refractivity contribution < 1.29 is 5.11 Å². The van der Waals surface area contributed by atoms with E-state index < -0.39 is 0 Å². The quantitative estimate of drug-likeness (QED) is 0.804. The second-order valence-electron chi connectivity index (χ2n) is 6.12. The van der Waals surface area contributed by atoms with E-state index in [0.717, 1.165) is 18.4 Å². The van der Waals surface area contributed by atoms with Gasteiger partial charge >= 0.3 is 0 Å². The van der Waals surface area contributed by atoms with Crippen molar-refractivity contribution in [1.82, 2.24) is 0 Å². The number of aliphatic hydroxyl groups is 1. The van der Waals surface area contributed by atoms with Gasteiger partial charge in [0.05, 0.1) is 6.10 Å². The van der Waals surface area contributed by atoms with Crippen LogP contribution in [0.3, 0.4) is 0 Å². The van der Waals surface area contributed by atoms with E-state index in [9.17, 15) is 5.11 Å². The molecule has 88 valence electrons. The summed E-state index contributed by atoms with van der Waals surface area (Å²) in [4.78, 5) is 0. The zero-order valence-corrected chi connectivity index (χ0v) is 10.7. The molecule has 1 N–H and O–H groups in total. The zero-order valence-electron chi connectivity index (χ0n) is 10.7. The van der Waals surface area contributed by atoms with Gasteiger partial charge in [-0.05, 0) is 40.9 Å². The number of hydrogen-bond donors (Lipinski definition) is 1. The van der Waals surface area contributed by atoms with Crippen LogP contribution in [0.5, 0.6) is 0 Å². The maximum atomic E-state index is 10.1. The molecule has 0 aliphatic heterocycles. The predicted octanol–water partition coefficient (Wildman–Crippen LogP) is 3.60. The molecule has 0 amide bonds. The van der Waals surface area contributed by atoms with Gasteiger partial charge in [0.15, 0.2) is 0 Å². The Hall–Kier alpha value is -0.820. The zero-order chi connectivity index (χ0) is 11.9. The summed E-state index contributed by atoms with van der Waals surface area (Å²) in [7, 11) is 0. The first-order valence-electron chi connectivity index (χ1n) is 6.21. The summed E-state index contributed by atoms with van der Waals surface area (Å²) in [6.07, 6.45) is 1.69. The van der Waals surface area contributed by atoms with Crippen molar-refractivity contribution in [2.24, 2.45) is 5.92 Å². The molecule has 0 radical (unpaired) electrons. The fourth-order valence-corrected chi connectivity index (χ4v) is 2.81. The van der Waals surface area contributed by atoms with Crippen LogP contribution in [0.2, 0.25) is 0 Å². The van der Waals surface area contributed by atoms with Gasteiger partial charge in [-0.3, -0.25) is 0 Å². The molecule has 1 aromatic rings. The van der Waals surface area contributed by atoms with Crippen LogP contribution in [0, 0.1) is 5.92 Å². The van der Waals surface area contributed by atoms with Crippen LogP contribution in [0.1, 0.15) is 56.9 Å². The van der Waals surface area contributed by atoms with Crippen molar-refractivity contribution in [3.8, 4) is 0 Å². The van der Waals surface area contributed by atoms with Gasteiger partial charge in [0.2, 0.25) is 0 Å². The number of hydrogen-bond acceptors (Lipinski definition) is 1. The molecule has 16 heavy (non-hydrogen) atoms. The van der Waals surface area contributed by atoms with Gasteiger partial charge in [0.25, 0.3) is 0 Å². The molecule has 0 aromatic heterocycles. The van der Waals surface area contributed by atoms with Crippen molar-refractivity contribution in [3.63, 3.8) is 0 Å². The highest BCUT2D eigenvalue weighted by molar-refractivity contribution is 5.42. The van der Waals surface area contributed by atoms with E-state index in [1.165, 1.54) is 11.1 Å². The highest BCUT2D eigenvalue weighted by Crippen LogP contribution is 2.44. The molecule has 0 heterocycles. The summed E-state index contributed by atoms with van der Waals surface area (Å²) >= 11 is 0. The molecule has 2 rings (SSSR count). The van der Waals surface area contributed by atoms with E-state index in [2.05, 4.69) is 45.9 Å². The Morgan fingerprint density at radius 2 is 2.06 bits per heavy atom. The van der Waals surface area contributed by atoms with Gasteiger partial charge in [-0.1, -0.05) is 45.9 Å². The first kappa shape index (κ1) is 11.7. The Labute approximate surface area is 98.5 Å². The molecule has 0 saturated heterocycles. The molecule has 0 bridgehead atoms. The monoisotopic (exact) mass is 218 g/mol. The van der Waals surface area contributed by atoms with E-state index in [-0.39, 0.29) is 11.5 Å². The smallest absolute Gasteiger partial charge is 0.0801 e. The first-order valence-corrected chi connectivity index (χ1v) is 6.21.